The van der Waals surface area contributed by atoms with Crippen LogP contribution in [0.1, 0.15) is 37.6 Å². The maximum Gasteiger partial charge on any atom is 0.265 e. The van der Waals surface area contributed by atoms with Gasteiger partial charge in [-0.3, -0.25) is 4.79 Å². The molecule has 1 aromatic carbocycles. The fourth-order valence-electron chi connectivity index (χ4n) is 2.83. The highest BCUT2D eigenvalue weighted by Crippen LogP contribution is 2.36. The Bertz CT molecular complexity index is 716. The summed E-state index contributed by atoms with van der Waals surface area (Å²) in [6.45, 7) is 5.15. The fourth-order valence-corrected chi connectivity index (χ4v) is 4.97. The molecule has 1 aliphatic rings. The lowest BCUT2D eigenvalue weighted by Gasteiger charge is -2.20. The van der Waals surface area contributed by atoms with Crippen molar-refractivity contribution in [3.8, 4) is 0 Å². The summed E-state index contributed by atoms with van der Waals surface area (Å²) in [5.74, 6) is 0.725. The van der Waals surface area contributed by atoms with E-state index in [0.717, 1.165) is 33.3 Å². The molecule has 23 heavy (non-hydrogen) atoms. The molecule has 1 unspecified atom stereocenters. The van der Waals surface area contributed by atoms with E-state index in [-0.39, 0.29) is 17.0 Å². The molecule has 0 bridgehead atoms. The summed E-state index contributed by atoms with van der Waals surface area (Å²) in [4.78, 5) is 19.7. The van der Waals surface area contributed by atoms with Crippen LogP contribution in [-0.2, 0) is 0 Å². The Morgan fingerprint density at radius 1 is 1.30 bits per heavy atom. The van der Waals surface area contributed by atoms with Crippen LogP contribution >= 0.6 is 23.1 Å². The van der Waals surface area contributed by atoms with E-state index in [4.69, 9.17) is 0 Å². The lowest BCUT2D eigenvalue weighted by molar-refractivity contribution is 0.0770. The summed E-state index contributed by atoms with van der Waals surface area (Å²) in [5, 5.41) is 1.03. The van der Waals surface area contributed by atoms with Gasteiger partial charge in [-0.05, 0) is 26.3 Å². The molecule has 1 aliphatic heterocycles. The van der Waals surface area contributed by atoms with Crippen molar-refractivity contribution in [2.24, 2.45) is 0 Å². The van der Waals surface area contributed by atoms with E-state index in [1.807, 2.05) is 30.9 Å². The Morgan fingerprint density at radius 2 is 2.09 bits per heavy atom. The van der Waals surface area contributed by atoms with Crippen molar-refractivity contribution < 1.29 is 9.18 Å². The van der Waals surface area contributed by atoms with Gasteiger partial charge in [-0.1, -0.05) is 18.2 Å². The number of hydrogen-bond donors (Lipinski definition) is 0. The zero-order chi connectivity index (χ0) is 16.4. The summed E-state index contributed by atoms with van der Waals surface area (Å²) in [6.07, 6.45) is 0.772. The SMILES string of the molecule is Cc1nc(C)c(C(=O)N2CCSC(c3ccccc3F)CC2)s1. The Balaban J connectivity index is 1.73. The lowest BCUT2D eigenvalue weighted by atomic mass is 10.1. The first kappa shape index (κ1) is 16.5. The maximum absolute atomic E-state index is 14.0. The van der Waals surface area contributed by atoms with Gasteiger partial charge in [0, 0.05) is 29.7 Å². The normalized spacial score (nSPS) is 18.7. The van der Waals surface area contributed by atoms with Crippen molar-refractivity contribution in [2.75, 3.05) is 18.8 Å². The Morgan fingerprint density at radius 3 is 2.78 bits per heavy atom. The van der Waals surface area contributed by atoms with Crippen LogP contribution in [0.5, 0.6) is 0 Å². The van der Waals surface area contributed by atoms with Gasteiger partial charge in [-0.15, -0.1) is 11.3 Å². The second-order valence-corrected chi connectivity index (χ2v) is 8.12. The third kappa shape index (κ3) is 3.58. The smallest absolute Gasteiger partial charge is 0.265 e. The molecule has 1 saturated heterocycles. The Kier molecular flexibility index (Phi) is 5.02. The molecular formula is C17H19FN2OS2. The van der Waals surface area contributed by atoms with Gasteiger partial charge in [0.1, 0.15) is 10.7 Å². The number of rotatable bonds is 2. The van der Waals surface area contributed by atoms with E-state index in [2.05, 4.69) is 4.98 Å². The minimum Gasteiger partial charge on any atom is -0.337 e. The predicted octanol–water partition coefficient (Wildman–Crippen LogP) is 4.22. The zero-order valence-electron chi connectivity index (χ0n) is 13.2. The average Bonchev–Trinajstić information content (AvgIpc) is 2.74. The largest absolute Gasteiger partial charge is 0.337 e. The van der Waals surface area contributed by atoms with Crippen LogP contribution in [0, 0.1) is 19.7 Å². The summed E-state index contributed by atoms with van der Waals surface area (Å²) < 4.78 is 14.0. The van der Waals surface area contributed by atoms with Crippen molar-refractivity contribution in [3.63, 3.8) is 0 Å². The number of aryl methyl sites for hydroxylation is 2. The summed E-state index contributed by atoms with van der Waals surface area (Å²) in [5.41, 5.74) is 1.55. The molecular weight excluding hydrogens is 331 g/mol. The molecule has 0 saturated carbocycles. The summed E-state index contributed by atoms with van der Waals surface area (Å²) >= 11 is 3.18. The molecule has 1 fully saturated rings. The number of benzene rings is 1. The molecule has 3 rings (SSSR count). The van der Waals surface area contributed by atoms with Crippen LogP contribution in [0.25, 0.3) is 0 Å². The van der Waals surface area contributed by atoms with Gasteiger partial charge >= 0.3 is 0 Å². The summed E-state index contributed by atoms with van der Waals surface area (Å²) in [7, 11) is 0. The lowest BCUT2D eigenvalue weighted by Crippen LogP contribution is -2.32. The van der Waals surface area contributed by atoms with Crippen LogP contribution in [0.15, 0.2) is 24.3 Å². The second-order valence-electron chi connectivity index (χ2n) is 5.61. The molecule has 2 heterocycles. The number of thioether (sulfide) groups is 1. The van der Waals surface area contributed by atoms with Crippen LogP contribution in [0.2, 0.25) is 0 Å². The maximum atomic E-state index is 14.0. The van der Waals surface area contributed by atoms with Gasteiger partial charge in [-0.2, -0.15) is 11.8 Å². The van der Waals surface area contributed by atoms with E-state index < -0.39 is 0 Å². The highest BCUT2D eigenvalue weighted by Gasteiger charge is 2.26. The van der Waals surface area contributed by atoms with Crippen LogP contribution in [0.4, 0.5) is 4.39 Å². The molecule has 1 atom stereocenters. The molecule has 3 nitrogen and oxygen atoms in total. The summed E-state index contributed by atoms with van der Waals surface area (Å²) in [6, 6.07) is 6.94. The number of halogens is 1. The zero-order valence-corrected chi connectivity index (χ0v) is 14.8. The number of carbonyl (C=O) groups is 1. The molecule has 0 spiro atoms. The van der Waals surface area contributed by atoms with E-state index in [9.17, 15) is 9.18 Å². The monoisotopic (exact) mass is 350 g/mol. The van der Waals surface area contributed by atoms with Crippen molar-refractivity contribution >= 4 is 29.0 Å². The van der Waals surface area contributed by atoms with E-state index >= 15 is 0 Å². The van der Waals surface area contributed by atoms with Gasteiger partial charge < -0.3 is 4.90 Å². The molecule has 122 valence electrons. The first-order valence-electron chi connectivity index (χ1n) is 7.65. The minimum atomic E-state index is -0.154. The molecule has 6 heteroatoms. The number of nitrogens with zero attached hydrogens (tertiary/aromatic N) is 2. The van der Waals surface area contributed by atoms with Crippen molar-refractivity contribution in [1.29, 1.82) is 0 Å². The standard InChI is InChI=1S/C17H19FN2OS2/c1-11-16(23-12(2)19-11)17(21)20-8-7-15(22-10-9-20)13-5-3-4-6-14(13)18/h3-6,15H,7-10H2,1-2H3. The Labute approximate surface area is 143 Å². The third-order valence-electron chi connectivity index (χ3n) is 3.98. The molecule has 0 aliphatic carbocycles. The van der Waals surface area contributed by atoms with E-state index in [0.29, 0.717) is 13.1 Å². The predicted molar refractivity (Wildman–Crippen MR) is 93.7 cm³/mol. The van der Waals surface area contributed by atoms with Gasteiger partial charge in [-0.25, -0.2) is 9.37 Å². The highest BCUT2D eigenvalue weighted by atomic mass is 32.2. The molecule has 2 aromatic rings. The van der Waals surface area contributed by atoms with E-state index in [1.165, 1.54) is 17.4 Å². The van der Waals surface area contributed by atoms with Crippen molar-refractivity contribution in [2.45, 2.75) is 25.5 Å². The Hall–Kier alpha value is -1.40. The van der Waals surface area contributed by atoms with Crippen LogP contribution < -0.4 is 0 Å². The quantitative estimate of drug-likeness (QED) is 0.813. The van der Waals surface area contributed by atoms with Gasteiger partial charge in [0.05, 0.1) is 10.7 Å². The van der Waals surface area contributed by atoms with Crippen molar-refractivity contribution in [1.82, 2.24) is 9.88 Å². The second kappa shape index (κ2) is 7.01. The topological polar surface area (TPSA) is 33.2 Å². The molecule has 0 N–H and O–H groups in total. The minimum absolute atomic E-state index is 0.0582. The first-order chi connectivity index (χ1) is 11.1. The number of amides is 1. The number of carbonyl (C=O) groups excluding carboxylic acids is 1. The third-order valence-corrected chi connectivity index (χ3v) is 6.35. The molecule has 1 amide bonds. The highest BCUT2D eigenvalue weighted by molar-refractivity contribution is 7.99. The van der Waals surface area contributed by atoms with Crippen molar-refractivity contribution in [3.05, 3.63) is 51.2 Å². The van der Waals surface area contributed by atoms with E-state index in [1.54, 1.807) is 17.8 Å². The average molecular weight is 350 g/mol. The number of thiazole rings is 1. The first-order valence-corrected chi connectivity index (χ1v) is 9.52. The number of aromatic nitrogens is 1. The number of hydrogen-bond acceptors (Lipinski definition) is 4. The fraction of sp³-hybridized carbons (Fsp3) is 0.412. The van der Waals surface area contributed by atoms with Gasteiger partial charge in [0.15, 0.2) is 0 Å². The van der Waals surface area contributed by atoms with Crippen LogP contribution in [-0.4, -0.2) is 34.6 Å². The van der Waals surface area contributed by atoms with Gasteiger partial charge in [0.2, 0.25) is 0 Å². The van der Waals surface area contributed by atoms with Gasteiger partial charge in [0.25, 0.3) is 5.91 Å². The van der Waals surface area contributed by atoms with Crippen LogP contribution in [0.3, 0.4) is 0 Å². The molecule has 1 aromatic heterocycles. The molecule has 0 radical (unpaired) electrons.